The number of aliphatic hydroxyl groups excluding tert-OH is 1. The second-order valence-corrected chi connectivity index (χ2v) is 8.46. The SMILES string of the molecule is CC(=CCc1cccc2c(C(=O)c3sc(C(=O)O)c(-c4ccccc4)c3O)c[nH]c12)CO. The van der Waals surface area contributed by atoms with Crippen molar-refractivity contribution < 1.29 is 24.9 Å². The number of hydrogen-bond acceptors (Lipinski definition) is 5. The van der Waals surface area contributed by atoms with Gasteiger partial charge in [-0.05, 0) is 24.5 Å². The van der Waals surface area contributed by atoms with Crippen molar-refractivity contribution in [3.05, 3.63) is 87.3 Å². The highest BCUT2D eigenvalue weighted by atomic mass is 32.1. The van der Waals surface area contributed by atoms with Gasteiger partial charge >= 0.3 is 5.97 Å². The minimum atomic E-state index is -1.20. The van der Waals surface area contributed by atoms with E-state index in [4.69, 9.17) is 0 Å². The molecule has 162 valence electrons. The van der Waals surface area contributed by atoms with Crippen molar-refractivity contribution in [3.8, 4) is 16.9 Å². The molecular weight excluding hydrogens is 426 g/mol. The van der Waals surface area contributed by atoms with Gasteiger partial charge in [0.15, 0.2) is 0 Å². The van der Waals surface area contributed by atoms with Crippen molar-refractivity contribution in [3.63, 3.8) is 0 Å². The second-order valence-electron chi connectivity index (χ2n) is 7.44. The molecule has 7 heteroatoms. The lowest BCUT2D eigenvalue weighted by atomic mass is 10.0. The number of aromatic carboxylic acids is 1. The molecule has 0 saturated heterocycles. The van der Waals surface area contributed by atoms with Crippen LogP contribution in [0.2, 0.25) is 0 Å². The number of hydrogen-bond donors (Lipinski definition) is 4. The maximum Gasteiger partial charge on any atom is 0.346 e. The molecule has 0 unspecified atom stereocenters. The van der Waals surface area contributed by atoms with Crippen LogP contribution in [-0.2, 0) is 6.42 Å². The quantitative estimate of drug-likeness (QED) is 0.235. The van der Waals surface area contributed by atoms with E-state index in [1.807, 2.05) is 31.2 Å². The zero-order valence-corrected chi connectivity index (χ0v) is 18.1. The zero-order chi connectivity index (χ0) is 22.8. The first-order valence-corrected chi connectivity index (χ1v) is 10.8. The first-order chi connectivity index (χ1) is 15.4. The topological polar surface area (TPSA) is 111 Å². The summed E-state index contributed by atoms with van der Waals surface area (Å²) in [5.41, 5.74) is 3.64. The van der Waals surface area contributed by atoms with Crippen LogP contribution in [0.4, 0.5) is 0 Å². The fraction of sp³-hybridized carbons (Fsp3) is 0.120. The minimum Gasteiger partial charge on any atom is -0.506 e. The Balaban J connectivity index is 1.80. The molecule has 0 atom stereocenters. The lowest BCUT2D eigenvalue weighted by Crippen LogP contribution is -1.98. The molecule has 32 heavy (non-hydrogen) atoms. The third-order valence-electron chi connectivity index (χ3n) is 5.31. The second kappa shape index (κ2) is 8.82. The Morgan fingerprint density at radius 1 is 1.06 bits per heavy atom. The van der Waals surface area contributed by atoms with Gasteiger partial charge in [0.25, 0.3) is 0 Å². The van der Waals surface area contributed by atoms with Gasteiger partial charge in [-0.25, -0.2) is 4.79 Å². The number of rotatable bonds is 7. The van der Waals surface area contributed by atoms with E-state index >= 15 is 0 Å². The molecule has 4 rings (SSSR count). The number of allylic oxidation sites excluding steroid dienone is 1. The fourth-order valence-electron chi connectivity index (χ4n) is 3.65. The highest BCUT2D eigenvalue weighted by molar-refractivity contribution is 7.17. The van der Waals surface area contributed by atoms with Crippen molar-refractivity contribution >= 4 is 34.0 Å². The summed E-state index contributed by atoms with van der Waals surface area (Å²) >= 11 is 0.775. The molecule has 4 aromatic rings. The van der Waals surface area contributed by atoms with Gasteiger partial charge in [-0.2, -0.15) is 0 Å². The van der Waals surface area contributed by atoms with Gasteiger partial charge in [0.2, 0.25) is 5.78 Å². The number of thiophene rings is 1. The van der Waals surface area contributed by atoms with Gasteiger partial charge in [0, 0.05) is 28.2 Å². The molecule has 6 nitrogen and oxygen atoms in total. The number of fused-ring (bicyclic) bond motifs is 1. The highest BCUT2D eigenvalue weighted by Gasteiger charge is 2.28. The summed E-state index contributed by atoms with van der Waals surface area (Å²) in [4.78, 5) is 28.3. The van der Waals surface area contributed by atoms with E-state index in [0.717, 1.165) is 28.0 Å². The van der Waals surface area contributed by atoms with Crippen molar-refractivity contribution in [2.24, 2.45) is 0 Å². The van der Waals surface area contributed by atoms with Crippen LogP contribution < -0.4 is 0 Å². The summed E-state index contributed by atoms with van der Waals surface area (Å²) in [6.45, 7) is 1.82. The van der Waals surface area contributed by atoms with Gasteiger partial charge in [0.05, 0.1) is 6.61 Å². The molecule has 0 saturated carbocycles. The fourth-order valence-corrected chi connectivity index (χ4v) is 4.66. The van der Waals surface area contributed by atoms with Crippen LogP contribution in [-0.4, -0.2) is 38.7 Å². The minimum absolute atomic E-state index is 0.0106. The van der Waals surface area contributed by atoms with Crippen LogP contribution in [0.25, 0.3) is 22.0 Å². The molecule has 2 aromatic heterocycles. The number of H-pyrrole nitrogens is 1. The van der Waals surface area contributed by atoms with Gasteiger partial charge in [-0.1, -0.05) is 60.2 Å². The predicted molar refractivity (Wildman–Crippen MR) is 125 cm³/mol. The van der Waals surface area contributed by atoms with E-state index < -0.39 is 11.8 Å². The largest absolute Gasteiger partial charge is 0.506 e. The third kappa shape index (κ3) is 3.84. The van der Waals surface area contributed by atoms with E-state index in [-0.39, 0.29) is 27.7 Å². The predicted octanol–water partition coefficient (Wildman–Crippen LogP) is 5.01. The number of carboxylic acids is 1. The molecular formula is C25H21NO5S. The number of aromatic nitrogens is 1. The van der Waals surface area contributed by atoms with Crippen LogP contribution in [0.1, 0.15) is 37.4 Å². The van der Waals surface area contributed by atoms with E-state index in [0.29, 0.717) is 22.9 Å². The van der Waals surface area contributed by atoms with Crippen molar-refractivity contribution in [2.45, 2.75) is 13.3 Å². The molecule has 4 N–H and O–H groups in total. The molecule has 2 heterocycles. The summed E-state index contributed by atoms with van der Waals surface area (Å²) in [5, 5.41) is 30.4. The average molecular weight is 448 g/mol. The number of para-hydroxylation sites is 1. The lowest BCUT2D eigenvalue weighted by Gasteiger charge is -2.03. The summed E-state index contributed by atoms with van der Waals surface area (Å²) in [5.74, 6) is -1.96. The molecule has 0 aliphatic rings. The van der Waals surface area contributed by atoms with Gasteiger partial charge in [-0.3, -0.25) is 4.79 Å². The van der Waals surface area contributed by atoms with Gasteiger partial charge in [0.1, 0.15) is 15.5 Å². The monoisotopic (exact) mass is 447 g/mol. The molecule has 0 bridgehead atoms. The highest BCUT2D eigenvalue weighted by Crippen LogP contribution is 2.43. The molecule has 2 aromatic carbocycles. The molecule has 0 amide bonds. The van der Waals surface area contributed by atoms with E-state index in [9.17, 15) is 24.9 Å². The molecule has 0 radical (unpaired) electrons. The average Bonchev–Trinajstić information content (AvgIpc) is 3.39. The van der Waals surface area contributed by atoms with Crippen molar-refractivity contribution in [1.82, 2.24) is 4.98 Å². The normalized spacial score (nSPS) is 11.8. The summed E-state index contributed by atoms with van der Waals surface area (Å²) in [7, 11) is 0. The Morgan fingerprint density at radius 3 is 2.50 bits per heavy atom. The maximum atomic E-state index is 13.4. The first-order valence-electron chi connectivity index (χ1n) is 9.97. The van der Waals surface area contributed by atoms with Crippen LogP contribution in [0.5, 0.6) is 5.75 Å². The maximum absolute atomic E-state index is 13.4. The summed E-state index contributed by atoms with van der Waals surface area (Å²) in [6, 6.07) is 14.3. The number of aromatic amines is 1. The number of nitrogens with one attached hydrogen (secondary N) is 1. The van der Waals surface area contributed by atoms with Crippen LogP contribution >= 0.6 is 11.3 Å². The van der Waals surface area contributed by atoms with Gasteiger partial charge in [-0.15, -0.1) is 11.3 Å². The molecule has 0 fully saturated rings. The van der Waals surface area contributed by atoms with E-state index in [2.05, 4.69) is 4.98 Å². The standard InChI is InChI=1S/C25H21NO5S/c1-14(13-27)10-11-16-8-5-9-17-18(12-26-20(16)17)21(28)24-22(29)19(23(32-24)25(30)31)15-6-3-2-4-7-15/h2-10,12,26-27,29H,11,13H2,1H3,(H,30,31). The number of aliphatic hydroxyl groups is 1. The Kier molecular flexibility index (Phi) is 5.94. The van der Waals surface area contributed by atoms with E-state index in [1.165, 1.54) is 0 Å². The van der Waals surface area contributed by atoms with Crippen LogP contribution in [0.15, 0.2) is 66.4 Å². The first kappa shape index (κ1) is 21.5. The number of carbonyl (C=O) groups is 2. The van der Waals surface area contributed by atoms with Crippen molar-refractivity contribution in [1.29, 1.82) is 0 Å². The molecule has 0 aliphatic heterocycles. The summed E-state index contributed by atoms with van der Waals surface area (Å²) < 4.78 is 0. The number of benzene rings is 2. The third-order valence-corrected chi connectivity index (χ3v) is 6.48. The Labute approximate surface area is 188 Å². The van der Waals surface area contributed by atoms with Crippen LogP contribution in [0.3, 0.4) is 0 Å². The Bertz CT molecular complexity index is 1350. The number of carbonyl (C=O) groups excluding carboxylic acids is 1. The van der Waals surface area contributed by atoms with Gasteiger partial charge < -0.3 is 20.3 Å². The number of carboxylic acid groups (broad SMARTS) is 1. The number of ketones is 1. The number of aromatic hydroxyl groups is 1. The van der Waals surface area contributed by atoms with Crippen LogP contribution in [0, 0.1) is 0 Å². The molecule has 0 spiro atoms. The van der Waals surface area contributed by atoms with Crippen molar-refractivity contribution in [2.75, 3.05) is 6.61 Å². The Hall–Kier alpha value is -3.68. The zero-order valence-electron chi connectivity index (χ0n) is 17.3. The molecule has 0 aliphatic carbocycles. The lowest BCUT2D eigenvalue weighted by molar-refractivity contribution is 0.0702. The summed E-state index contributed by atoms with van der Waals surface area (Å²) in [6.07, 6.45) is 4.10. The smallest absolute Gasteiger partial charge is 0.346 e. The van der Waals surface area contributed by atoms with E-state index in [1.54, 1.807) is 36.5 Å². The Morgan fingerprint density at radius 2 is 1.81 bits per heavy atom.